The molecular weight excluding hydrogens is 398 g/mol. The summed E-state index contributed by atoms with van der Waals surface area (Å²) in [7, 11) is -2.69. The van der Waals surface area contributed by atoms with Crippen LogP contribution in [0.25, 0.3) is 11.4 Å². The average Bonchev–Trinajstić information content (AvgIpc) is 3.00. The second-order valence-electron chi connectivity index (χ2n) is 7.47. The zero-order chi connectivity index (χ0) is 19.9. The first kappa shape index (κ1) is 19.5. The van der Waals surface area contributed by atoms with E-state index < -0.39 is 9.73 Å². The molecule has 1 N–H and O–H groups in total. The molecule has 2 aliphatic heterocycles. The molecule has 2 fully saturated rings. The van der Waals surface area contributed by atoms with Crippen molar-refractivity contribution in [3.05, 3.63) is 34.7 Å². The monoisotopic (exact) mass is 421 g/mol. The van der Waals surface area contributed by atoms with Gasteiger partial charge in [0, 0.05) is 29.6 Å². The maximum atomic E-state index is 12.8. The number of ether oxygens (including phenoxy) is 1. The molecule has 7 nitrogen and oxygen atoms in total. The van der Waals surface area contributed by atoms with Crippen molar-refractivity contribution < 1.29 is 8.95 Å². The van der Waals surface area contributed by atoms with Gasteiger partial charge in [0.25, 0.3) is 0 Å². The highest BCUT2D eigenvalue weighted by atomic mass is 35.5. The van der Waals surface area contributed by atoms with Gasteiger partial charge in [0.05, 0.1) is 39.9 Å². The summed E-state index contributed by atoms with van der Waals surface area (Å²) in [5.41, 5.74) is 2.24. The lowest BCUT2D eigenvalue weighted by Gasteiger charge is -2.34. The molecule has 0 amide bonds. The van der Waals surface area contributed by atoms with Crippen LogP contribution in [-0.2, 0) is 14.5 Å². The molecule has 0 bridgehead atoms. The minimum absolute atomic E-state index is 0.177. The lowest BCUT2D eigenvalue weighted by atomic mass is 10.1. The highest BCUT2D eigenvalue weighted by Gasteiger charge is 2.32. The van der Waals surface area contributed by atoms with Gasteiger partial charge in [0.2, 0.25) is 0 Å². The third kappa shape index (κ3) is 3.86. The van der Waals surface area contributed by atoms with Crippen LogP contribution in [0.5, 0.6) is 0 Å². The van der Waals surface area contributed by atoms with Gasteiger partial charge in [0.15, 0.2) is 5.82 Å². The summed E-state index contributed by atoms with van der Waals surface area (Å²) in [6, 6.07) is 5.72. The predicted molar refractivity (Wildman–Crippen MR) is 110 cm³/mol. The van der Waals surface area contributed by atoms with Gasteiger partial charge in [-0.05, 0) is 38.8 Å². The van der Waals surface area contributed by atoms with Gasteiger partial charge < -0.3 is 9.64 Å². The van der Waals surface area contributed by atoms with Crippen LogP contribution in [0.15, 0.2) is 18.2 Å². The van der Waals surface area contributed by atoms with E-state index in [0.29, 0.717) is 42.1 Å². The lowest BCUT2D eigenvalue weighted by Crippen LogP contribution is -2.44. The van der Waals surface area contributed by atoms with E-state index in [2.05, 4.69) is 16.8 Å². The van der Waals surface area contributed by atoms with Crippen LogP contribution in [0.1, 0.15) is 36.4 Å². The minimum atomic E-state index is -2.69. The average molecular weight is 422 g/mol. The van der Waals surface area contributed by atoms with Crippen molar-refractivity contribution in [3.63, 3.8) is 0 Å². The number of morpholine rings is 1. The molecule has 0 saturated carbocycles. The van der Waals surface area contributed by atoms with Gasteiger partial charge in [-0.1, -0.05) is 11.6 Å². The minimum Gasteiger partial charge on any atom is -0.377 e. The van der Waals surface area contributed by atoms with Crippen molar-refractivity contribution >= 4 is 27.1 Å². The van der Waals surface area contributed by atoms with E-state index in [1.807, 2.05) is 19.1 Å². The highest BCUT2D eigenvalue weighted by molar-refractivity contribution is 7.92. The first-order valence-corrected chi connectivity index (χ1v) is 11.6. The summed E-state index contributed by atoms with van der Waals surface area (Å²) in [6.07, 6.45) is 1.50. The summed E-state index contributed by atoms with van der Waals surface area (Å²) < 4.78 is 26.6. The van der Waals surface area contributed by atoms with E-state index in [1.54, 1.807) is 6.07 Å². The molecule has 2 saturated heterocycles. The zero-order valence-corrected chi connectivity index (χ0v) is 17.6. The predicted octanol–water partition coefficient (Wildman–Crippen LogP) is 3.61. The number of aromatic nitrogens is 3. The molecule has 2 aromatic rings. The van der Waals surface area contributed by atoms with Crippen LogP contribution < -0.4 is 4.90 Å². The number of hydrogen-bond donors (Lipinski definition) is 1. The molecule has 2 aliphatic rings. The molecule has 4 heterocycles. The van der Waals surface area contributed by atoms with E-state index in [9.17, 15) is 4.21 Å². The van der Waals surface area contributed by atoms with Crippen LogP contribution in [0.3, 0.4) is 0 Å². The van der Waals surface area contributed by atoms with E-state index in [-0.39, 0.29) is 11.3 Å². The van der Waals surface area contributed by atoms with Gasteiger partial charge >= 0.3 is 0 Å². The second-order valence-corrected chi connectivity index (χ2v) is 10.3. The fraction of sp³-hybridized carbons (Fsp3) is 0.526. The highest BCUT2D eigenvalue weighted by Crippen LogP contribution is 2.36. The maximum absolute atomic E-state index is 12.8. The summed E-state index contributed by atoms with van der Waals surface area (Å²) in [4.78, 5) is 15.9. The number of pyridine rings is 1. The summed E-state index contributed by atoms with van der Waals surface area (Å²) in [5.74, 6) is 1.74. The molecule has 9 heteroatoms. The van der Waals surface area contributed by atoms with E-state index >= 15 is 0 Å². The van der Waals surface area contributed by atoms with Crippen molar-refractivity contribution in [2.75, 3.05) is 30.4 Å². The Hall–Kier alpha value is -1.77. The molecular formula is C19H24ClN5O2S. The number of aryl methyl sites for hydroxylation is 1. The number of anilines is 1. The quantitative estimate of drug-likeness (QED) is 0.761. The number of hydrogen-bond acceptors (Lipinski definition) is 7. The van der Waals surface area contributed by atoms with Crippen LogP contribution in [0.4, 0.5) is 5.82 Å². The molecule has 2 unspecified atom stereocenters. The Bertz CT molecular complexity index is 978. The summed E-state index contributed by atoms with van der Waals surface area (Å²) in [6.45, 7) is 5.97. The van der Waals surface area contributed by atoms with Gasteiger partial charge in [-0.3, -0.25) is 4.78 Å². The molecule has 150 valence electrons. The summed E-state index contributed by atoms with van der Waals surface area (Å²) in [5, 5.41) is 0.0261. The SMILES string of the molecule is Cc1cc(-c2nc(C3CCCS3(=N)=O)cc(N3CCOC[C@H]3C)n2)cc(Cl)n1. The van der Waals surface area contributed by atoms with Gasteiger partial charge in [0.1, 0.15) is 11.0 Å². The smallest absolute Gasteiger partial charge is 0.161 e. The van der Waals surface area contributed by atoms with Crippen LogP contribution in [0.2, 0.25) is 5.15 Å². The number of nitrogens with zero attached hydrogens (tertiary/aromatic N) is 4. The Kier molecular flexibility index (Phi) is 5.28. The van der Waals surface area contributed by atoms with Crippen LogP contribution >= 0.6 is 11.6 Å². The van der Waals surface area contributed by atoms with Crippen molar-refractivity contribution in [3.8, 4) is 11.4 Å². The Balaban J connectivity index is 1.85. The topological polar surface area (TPSA) is 92.1 Å². The normalized spacial score (nSPS) is 27.9. The molecule has 28 heavy (non-hydrogen) atoms. The number of nitrogens with one attached hydrogen (secondary N) is 1. The Morgan fingerprint density at radius 2 is 2.11 bits per heavy atom. The first-order chi connectivity index (χ1) is 13.3. The van der Waals surface area contributed by atoms with E-state index in [1.165, 1.54) is 0 Å². The van der Waals surface area contributed by atoms with Gasteiger partial charge in [-0.25, -0.2) is 19.2 Å². The fourth-order valence-electron chi connectivity index (χ4n) is 3.88. The fourth-order valence-corrected chi connectivity index (χ4v) is 6.07. The molecule has 0 aliphatic carbocycles. The second kappa shape index (κ2) is 7.57. The van der Waals surface area contributed by atoms with Crippen LogP contribution in [-0.4, -0.2) is 50.7 Å². The third-order valence-corrected chi connectivity index (χ3v) is 7.76. The van der Waals surface area contributed by atoms with Gasteiger partial charge in [-0.15, -0.1) is 0 Å². The van der Waals surface area contributed by atoms with E-state index in [4.69, 9.17) is 31.1 Å². The molecule has 0 aromatic carbocycles. The van der Waals surface area contributed by atoms with Gasteiger partial charge in [-0.2, -0.15) is 0 Å². The molecule has 4 rings (SSSR count). The standard InChI is InChI=1S/C19H24ClN5O2S/c1-12-8-14(9-17(20)22-12)19-23-15(16-4-3-7-28(16,21)26)10-18(24-19)25-5-6-27-11-13(25)2/h8-10,13,16,21H,3-7,11H2,1-2H3/t13-,16?,28?/m1/s1. The number of rotatable bonds is 3. The third-order valence-electron chi connectivity index (χ3n) is 5.28. The Labute approximate surface area is 170 Å². The molecule has 3 atom stereocenters. The van der Waals surface area contributed by atoms with Crippen molar-refractivity contribution in [1.29, 1.82) is 4.78 Å². The Morgan fingerprint density at radius 1 is 1.29 bits per heavy atom. The molecule has 2 aromatic heterocycles. The van der Waals surface area contributed by atoms with Crippen molar-refractivity contribution in [1.82, 2.24) is 15.0 Å². The molecule has 0 radical (unpaired) electrons. The van der Waals surface area contributed by atoms with Crippen molar-refractivity contribution in [2.45, 2.75) is 38.0 Å². The largest absolute Gasteiger partial charge is 0.377 e. The number of halogens is 1. The maximum Gasteiger partial charge on any atom is 0.161 e. The van der Waals surface area contributed by atoms with E-state index in [0.717, 1.165) is 30.0 Å². The zero-order valence-electron chi connectivity index (χ0n) is 16.0. The van der Waals surface area contributed by atoms with Crippen LogP contribution in [0, 0.1) is 11.7 Å². The summed E-state index contributed by atoms with van der Waals surface area (Å²) >= 11 is 6.15. The van der Waals surface area contributed by atoms with Crippen molar-refractivity contribution in [2.24, 2.45) is 0 Å². The first-order valence-electron chi connectivity index (χ1n) is 9.47. The lowest BCUT2D eigenvalue weighted by molar-refractivity contribution is 0.0985. The Morgan fingerprint density at radius 3 is 2.79 bits per heavy atom. The molecule has 0 spiro atoms.